The predicted octanol–water partition coefficient (Wildman–Crippen LogP) is 14.0. The van der Waals surface area contributed by atoms with Crippen LogP contribution in [0.4, 0.5) is 17.1 Å². The van der Waals surface area contributed by atoms with Crippen LogP contribution in [0.1, 0.15) is 0 Å². The molecule has 0 aliphatic heterocycles. The summed E-state index contributed by atoms with van der Waals surface area (Å²) in [5.74, 6) is 0.578. The molecule has 248 valence electrons. The molecule has 0 fully saturated rings. The first-order valence-corrected chi connectivity index (χ1v) is 17.9. The smallest absolute Gasteiger partial charge is 0.228 e. The number of anilines is 3. The second-order valence-corrected chi connectivity index (χ2v) is 13.6. The minimum Gasteiger partial charge on any atom is -0.456 e. The molecule has 0 aliphatic rings. The van der Waals surface area contributed by atoms with Gasteiger partial charge >= 0.3 is 0 Å². The van der Waals surface area contributed by atoms with E-state index in [1.807, 2.05) is 24.3 Å². The minimum atomic E-state index is 0.578. The SMILES string of the molecule is c1ccc(N(c2ccc3c(c2)oc2cccc(-c4nc5cc6ccccc6cc5o4)c23)c2cccc3ccccc23)c(-c2ccc3ccccc3c2)c1. The van der Waals surface area contributed by atoms with Crippen molar-refractivity contribution in [2.24, 2.45) is 0 Å². The first kappa shape index (κ1) is 29.5. The highest BCUT2D eigenvalue weighted by Crippen LogP contribution is 2.46. The van der Waals surface area contributed by atoms with Crippen molar-refractivity contribution >= 4 is 82.4 Å². The second kappa shape index (κ2) is 11.7. The van der Waals surface area contributed by atoms with Crippen LogP contribution >= 0.6 is 0 Å². The molecule has 0 spiro atoms. The van der Waals surface area contributed by atoms with Crippen LogP contribution < -0.4 is 4.90 Å². The van der Waals surface area contributed by atoms with Crippen LogP contribution in [0.2, 0.25) is 0 Å². The van der Waals surface area contributed by atoms with Crippen LogP contribution in [0, 0.1) is 0 Å². The van der Waals surface area contributed by atoms with Crippen LogP contribution in [0.15, 0.2) is 191 Å². The second-order valence-electron chi connectivity index (χ2n) is 13.6. The van der Waals surface area contributed by atoms with Crippen molar-refractivity contribution in [3.63, 3.8) is 0 Å². The summed E-state index contributed by atoms with van der Waals surface area (Å²) in [7, 11) is 0. The number of rotatable bonds is 5. The van der Waals surface area contributed by atoms with Crippen molar-refractivity contribution in [1.82, 2.24) is 4.98 Å². The fourth-order valence-electron chi connectivity index (χ4n) is 7.94. The summed E-state index contributed by atoms with van der Waals surface area (Å²) in [4.78, 5) is 7.33. The zero-order valence-electron chi connectivity index (χ0n) is 28.5. The van der Waals surface area contributed by atoms with Gasteiger partial charge in [0.2, 0.25) is 5.89 Å². The van der Waals surface area contributed by atoms with Crippen molar-refractivity contribution < 1.29 is 8.83 Å². The van der Waals surface area contributed by atoms with Crippen LogP contribution in [0.5, 0.6) is 0 Å². The zero-order valence-corrected chi connectivity index (χ0v) is 28.5. The van der Waals surface area contributed by atoms with Crippen molar-refractivity contribution in [2.45, 2.75) is 0 Å². The largest absolute Gasteiger partial charge is 0.456 e. The number of benzene rings is 9. The molecule has 0 saturated heterocycles. The molecule has 0 N–H and O–H groups in total. The fraction of sp³-hybridized carbons (Fsp3) is 0. The summed E-state index contributed by atoms with van der Waals surface area (Å²) < 4.78 is 13.1. The summed E-state index contributed by atoms with van der Waals surface area (Å²) in [6.45, 7) is 0. The van der Waals surface area contributed by atoms with Gasteiger partial charge in [0.05, 0.1) is 11.4 Å². The Balaban J connectivity index is 1.11. The molecule has 11 aromatic rings. The van der Waals surface area contributed by atoms with E-state index in [-0.39, 0.29) is 0 Å². The van der Waals surface area contributed by atoms with E-state index in [0.717, 1.165) is 77.6 Å². The molecule has 0 atom stereocenters. The molecule has 4 heteroatoms. The lowest BCUT2D eigenvalue weighted by Crippen LogP contribution is -2.11. The standard InChI is InChI=1S/C49H30N2O2/c1-2-13-33-27-36(24-23-31(33)11-1)39-18-7-8-20-43(39)51(44-21-9-16-32-12-5-6-17-38(32)44)37-25-26-40-46(30-37)52-45-22-10-19-41(48(40)45)49-50-42-28-34-14-3-4-15-35(34)29-47(42)53-49/h1-30H. The molecule has 0 aliphatic carbocycles. The Morgan fingerprint density at radius 2 is 1.08 bits per heavy atom. The average Bonchev–Trinajstić information content (AvgIpc) is 3.81. The van der Waals surface area contributed by atoms with Gasteiger partial charge in [0.1, 0.15) is 16.7 Å². The van der Waals surface area contributed by atoms with Crippen LogP contribution in [-0.4, -0.2) is 4.98 Å². The number of para-hydroxylation sites is 1. The lowest BCUT2D eigenvalue weighted by atomic mass is 9.98. The quantitative estimate of drug-likeness (QED) is 0.182. The van der Waals surface area contributed by atoms with Crippen LogP contribution in [0.25, 0.3) is 87.9 Å². The molecule has 4 nitrogen and oxygen atoms in total. The van der Waals surface area contributed by atoms with Gasteiger partial charge in [-0.2, -0.15) is 0 Å². The molecule has 0 saturated carbocycles. The Morgan fingerprint density at radius 1 is 0.396 bits per heavy atom. The third-order valence-corrected chi connectivity index (χ3v) is 10.4. The van der Waals surface area contributed by atoms with Gasteiger partial charge in [-0.15, -0.1) is 0 Å². The van der Waals surface area contributed by atoms with E-state index in [0.29, 0.717) is 5.89 Å². The van der Waals surface area contributed by atoms with Gasteiger partial charge in [0.15, 0.2) is 5.58 Å². The van der Waals surface area contributed by atoms with Crippen molar-refractivity contribution in [2.75, 3.05) is 4.90 Å². The van der Waals surface area contributed by atoms with Gasteiger partial charge in [0, 0.05) is 39.0 Å². The molecule has 0 amide bonds. The van der Waals surface area contributed by atoms with Gasteiger partial charge in [-0.1, -0.05) is 121 Å². The lowest BCUT2D eigenvalue weighted by Gasteiger charge is -2.29. The van der Waals surface area contributed by atoms with Gasteiger partial charge in [-0.05, 0) is 87.1 Å². The number of nitrogens with zero attached hydrogens (tertiary/aromatic N) is 2. The van der Waals surface area contributed by atoms with E-state index >= 15 is 0 Å². The van der Waals surface area contributed by atoms with E-state index in [4.69, 9.17) is 13.8 Å². The van der Waals surface area contributed by atoms with Crippen molar-refractivity contribution in [3.05, 3.63) is 182 Å². The third kappa shape index (κ3) is 4.80. The highest BCUT2D eigenvalue weighted by molar-refractivity contribution is 6.13. The molecule has 2 heterocycles. The van der Waals surface area contributed by atoms with E-state index in [1.54, 1.807) is 0 Å². The monoisotopic (exact) mass is 678 g/mol. The van der Waals surface area contributed by atoms with Gasteiger partial charge < -0.3 is 13.7 Å². The molecule has 0 bridgehead atoms. The Labute approximate surface area is 304 Å². The third-order valence-electron chi connectivity index (χ3n) is 10.4. The normalized spacial score (nSPS) is 11.8. The van der Waals surface area contributed by atoms with Gasteiger partial charge in [-0.3, -0.25) is 0 Å². The highest BCUT2D eigenvalue weighted by atomic mass is 16.3. The number of hydrogen-bond donors (Lipinski definition) is 0. The fourth-order valence-corrected chi connectivity index (χ4v) is 7.94. The molecule has 0 radical (unpaired) electrons. The Kier molecular flexibility index (Phi) is 6.52. The number of furan rings is 1. The van der Waals surface area contributed by atoms with Gasteiger partial charge in [-0.25, -0.2) is 4.98 Å². The summed E-state index contributed by atoms with van der Waals surface area (Å²) in [5, 5.41) is 9.03. The highest BCUT2D eigenvalue weighted by Gasteiger charge is 2.22. The summed E-state index contributed by atoms with van der Waals surface area (Å²) in [6.07, 6.45) is 0. The van der Waals surface area contributed by atoms with Crippen LogP contribution in [-0.2, 0) is 0 Å². The maximum absolute atomic E-state index is 6.67. The summed E-state index contributed by atoms with van der Waals surface area (Å²) in [6, 6.07) is 64.1. The number of oxazole rings is 1. The van der Waals surface area contributed by atoms with Gasteiger partial charge in [0.25, 0.3) is 0 Å². The molecule has 11 rings (SSSR count). The maximum Gasteiger partial charge on any atom is 0.228 e. The minimum absolute atomic E-state index is 0.578. The number of hydrogen-bond acceptors (Lipinski definition) is 4. The van der Waals surface area contributed by atoms with E-state index in [2.05, 4.69) is 163 Å². The Bertz CT molecular complexity index is 3150. The van der Waals surface area contributed by atoms with Crippen molar-refractivity contribution in [3.8, 4) is 22.6 Å². The van der Waals surface area contributed by atoms with Crippen LogP contribution in [0.3, 0.4) is 0 Å². The average molecular weight is 679 g/mol. The number of fused-ring (bicyclic) bond motifs is 7. The summed E-state index contributed by atoms with van der Waals surface area (Å²) in [5.41, 5.74) is 9.55. The van der Waals surface area contributed by atoms with E-state index < -0.39 is 0 Å². The molecule has 2 aromatic heterocycles. The predicted molar refractivity (Wildman–Crippen MR) is 219 cm³/mol. The molecular weight excluding hydrogens is 649 g/mol. The molecule has 53 heavy (non-hydrogen) atoms. The molecular formula is C49H30N2O2. The maximum atomic E-state index is 6.67. The first-order chi connectivity index (χ1) is 26.2. The van der Waals surface area contributed by atoms with E-state index in [9.17, 15) is 0 Å². The first-order valence-electron chi connectivity index (χ1n) is 17.9. The van der Waals surface area contributed by atoms with E-state index in [1.165, 1.54) is 21.5 Å². The number of aromatic nitrogens is 1. The molecule has 9 aromatic carbocycles. The Hall–Kier alpha value is -7.17. The molecule has 0 unspecified atom stereocenters. The van der Waals surface area contributed by atoms with Crippen molar-refractivity contribution in [1.29, 1.82) is 0 Å². The Morgan fingerprint density at radius 3 is 1.96 bits per heavy atom. The lowest BCUT2D eigenvalue weighted by molar-refractivity contribution is 0.620. The topological polar surface area (TPSA) is 42.4 Å². The summed E-state index contributed by atoms with van der Waals surface area (Å²) >= 11 is 0. The zero-order chi connectivity index (χ0) is 34.9.